The van der Waals surface area contributed by atoms with E-state index in [2.05, 4.69) is 28.2 Å². The molecule has 0 unspecified atom stereocenters. The lowest BCUT2D eigenvalue weighted by Crippen LogP contribution is -2.23. The number of primary amides is 1. The number of carbonyl (C=O) groups excluding carboxylic acids is 2. The molecule has 0 aliphatic carbocycles. The van der Waals surface area contributed by atoms with Gasteiger partial charge in [-0.1, -0.05) is 25.1 Å². The molecule has 0 aliphatic rings. The molecule has 0 aromatic heterocycles. The lowest BCUT2D eigenvalue weighted by atomic mass is 10.1. The third-order valence-electron chi connectivity index (χ3n) is 3.23. The highest BCUT2D eigenvalue weighted by atomic mass is 79.9. The zero-order valence-electron chi connectivity index (χ0n) is 12.6. The second-order valence-corrected chi connectivity index (χ2v) is 5.72. The predicted octanol–water partition coefficient (Wildman–Crippen LogP) is 3.13. The van der Waals surface area contributed by atoms with Crippen molar-refractivity contribution in [1.82, 2.24) is 0 Å². The highest BCUT2D eigenvalue weighted by Gasteiger charge is 2.11. The van der Waals surface area contributed by atoms with Crippen LogP contribution < -0.4 is 15.8 Å². The van der Waals surface area contributed by atoms with E-state index in [1.54, 1.807) is 24.3 Å². The van der Waals surface area contributed by atoms with E-state index in [4.69, 9.17) is 10.5 Å². The molecule has 0 heterocycles. The Labute approximate surface area is 143 Å². The topological polar surface area (TPSA) is 81.4 Å². The normalized spacial score (nSPS) is 10.2. The Bertz CT molecular complexity index is 732. The first-order chi connectivity index (χ1) is 11.0. The van der Waals surface area contributed by atoms with Gasteiger partial charge in [0.1, 0.15) is 5.75 Å². The summed E-state index contributed by atoms with van der Waals surface area (Å²) in [4.78, 5) is 23.3. The summed E-state index contributed by atoms with van der Waals surface area (Å²) in [6, 6.07) is 12.3. The molecule has 2 rings (SSSR count). The summed E-state index contributed by atoms with van der Waals surface area (Å²) >= 11 is 3.42. The van der Waals surface area contributed by atoms with Gasteiger partial charge in [0, 0.05) is 0 Å². The zero-order valence-corrected chi connectivity index (χ0v) is 14.2. The Kier molecular flexibility index (Phi) is 5.76. The summed E-state index contributed by atoms with van der Waals surface area (Å²) in [5.74, 6) is -0.384. The Morgan fingerprint density at radius 2 is 1.96 bits per heavy atom. The first-order valence-corrected chi connectivity index (χ1v) is 7.90. The molecule has 2 aromatic carbocycles. The molecule has 23 heavy (non-hydrogen) atoms. The molecule has 2 aromatic rings. The molecule has 5 nitrogen and oxygen atoms in total. The van der Waals surface area contributed by atoms with Crippen molar-refractivity contribution in [2.24, 2.45) is 5.73 Å². The molecular weight excluding hydrogens is 360 g/mol. The molecule has 3 N–H and O–H groups in total. The van der Waals surface area contributed by atoms with Crippen LogP contribution >= 0.6 is 15.9 Å². The van der Waals surface area contributed by atoms with E-state index in [-0.39, 0.29) is 18.1 Å². The molecule has 0 saturated carbocycles. The summed E-state index contributed by atoms with van der Waals surface area (Å²) < 4.78 is 6.29. The maximum atomic E-state index is 12.0. The van der Waals surface area contributed by atoms with Crippen molar-refractivity contribution in [3.8, 4) is 5.75 Å². The molecule has 0 spiro atoms. The van der Waals surface area contributed by atoms with Gasteiger partial charge in [-0.25, -0.2) is 0 Å². The van der Waals surface area contributed by atoms with Crippen LogP contribution in [-0.4, -0.2) is 18.4 Å². The molecule has 2 amide bonds. The quantitative estimate of drug-likeness (QED) is 0.812. The Morgan fingerprint density at radius 1 is 1.22 bits per heavy atom. The Morgan fingerprint density at radius 3 is 2.61 bits per heavy atom. The van der Waals surface area contributed by atoms with Crippen LogP contribution in [0.2, 0.25) is 0 Å². The number of aryl methyl sites for hydroxylation is 1. The van der Waals surface area contributed by atoms with E-state index in [0.29, 0.717) is 11.4 Å². The van der Waals surface area contributed by atoms with Gasteiger partial charge in [-0.2, -0.15) is 0 Å². The lowest BCUT2D eigenvalue weighted by Gasteiger charge is -2.11. The van der Waals surface area contributed by atoms with Gasteiger partial charge in [-0.3, -0.25) is 9.59 Å². The molecule has 0 radical (unpaired) electrons. The van der Waals surface area contributed by atoms with E-state index in [9.17, 15) is 9.59 Å². The molecule has 0 fully saturated rings. The highest BCUT2D eigenvalue weighted by molar-refractivity contribution is 9.10. The van der Waals surface area contributed by atoms with Crippen LogP contribution in [0.4, 0.5) is 5.69 Å². The largest absolute Gasteiger partial charge is 0.483 e. The molecule has 0 atom stereocenters. The van der Waals surface area contributed by atoms with E-state index < -0.39 is 5.91 Å². The van der Waals surface area contributed by atoms with Gasteiger partial charge in [0.25, 0.3) is 11.8 Å². The van der Waals surface area contributed by atoms with Gasteiger partial charge in [0.15, 0.2) is 6.61 Å². The lowest BCUT2D eigenvalue weighted by molar-refractivity contribution is -0.118. The SMILES string of the molecule is CCc1ccc(OCC(=O)Nc2ccccc2C(N)=O)c(Br)c1. The van der Waals surface area contributed by atoms with Crippen molar-refractivity contribution >= 4 is 33.4 Å². The number of anilines is 1. The van der Waals surface area contributed by atoms with Crippen molar-refractivity contribution in [1.29, 1.82) is 0 Å². The molecular formula is C17H17BrN2O3. The number of amides is 2. The number of ether oxygens (including phenoxy) is 1. The van der Waals surface area contributed by atoms with Gasteiger partial charge in [-0.15, -0.1) is 0 Å². The number of rotatable bonds is 6. The fraction of sp³-hybridized carbons (Fsp3) is 0.176. The number of hydrogen-bond donors (Lipinski definition) is 2. The van der Waals surface area contributed by atoms with Crippen LogP contribution in [0.25, 0.3) is 0 Å². The molecule has 0 aliphatic heterocycles. The average molecular weight is 377 g/mol. The average Bonchev–Trinajstić information content (AvgIpc) is 2.54. The van der Waals surface area contributed by atoms with Gasteiger partial charge >= 0.3 is 0 Å². The number of halogens is 1. The standard InChI is InChI=1S/C17H17BrN2O3/c1-2-11-7-8-15(13(18)9-11)23-10-16(21)20-14-6-4-3-5-12(14)17(19)22/h3-9H,2,10H2,1H3,(H2,19,22)(H,20,21). The minimum Gasteiger partial charge on any atom is -0.483 e. The molecule has 6 heteroatoms. The third kappa shape index (κ3) is 4.56. The number of carbonyl (C=O) groups is 2. The molecule has 120 valence electrons. The van der Waals surface area contributed by atoms with E-state index in [1.807, 2.05) is 18.2 Å². The van der Waals surface area contributed by atoms with Crippen LogP contribution in [0.3, 0.4) is 0 Å². The summed E-state index contributed by atoms with van der Waals surface area (Å²) in [5, 5.41) is 2.62. The van der Waals surface area contributed by atoms with Crippen molar-refractivity contribution in [2.45, 2.75) is 13.3 Å². The van der Waals surface area contributed by atoms with E-state index in [1.165, 1.54) is 5.56 Å². The maximum absolute atomic E-state index is 12.0. The van der Waals surface area contributed by atoms with Crippen LogP contribution in [0.5, 0.6) is 5.75 Å². The number of para-hydroxylation sites is 1. The third-order valence-corrected chi connectivity index (χ3v) is 3.85. The summed E-state index contributed by atoms with van der Waals surface area (Å²) in [7, 11) is 0. The first-order valence-electron chi connectivity index (χ1n) is 7.11. The summed E-state index contributed by atoms with van der Waals surface area (Å²) in [6.45, 7) is 1.89. The summed E-state index contributed by atoms with van der Waals surface area (Å²) in [6.07, 6.45) is 0.920. The Hall–Kier alpha value is -2.34. The smallest absolute Gasteiger partial charge is 0.262 e. The highest BCUT2D eigenvalue weighted by Crippen LogP contribution is 2.26. The van der Waals surface area contributed by atoms with Crippen LogP contribution in [0.15, 0.2) is 46.9 Å². The predicted molar refractivity (Wildman–Crippen MR) is 92.6 cm³/mol. The number of nitrogens with one attached hydrogen (secondary N) is 1. The fourth-order valence-corrected chi connectivity index (χ4v) is 2.56. The Balaban J connectivity index is 2.00. The van der Waals surface area contributed by atoms with Crippen LogP contribution in [0.1, 0.15) is 22.8 Å². The number of benzene rings is 2. The van der Waals surface area contributed by atoms with Crippen LogP contribution in [0, 0.1) is 0 Å². The van der Waals surface area contributed by atoms with Gasteiger partial charge in [0.2, 0.25) is 0 Å². The number of nitrogens with two attached hydrogens (primary N) is 1. The minimum atomic E-state index is -0.597. The second kappa shape index (κ2) is 7.78. The first kappa shape index (κ1) is 17.0. The van der Waals surface area contributed by atoms with Crippen molar-refractivity contribution < 1.29 is 14.3 Å². The van der Waals surface area contributed by atoms with E-state index >= 15 is 0 Å². The second-order valence-electron chi connectivity index (χ2n) is 4.87. The van der Waals surface area contributed by atoms with Crippen molar-refractivity contribution in [3.63, 3.8) is 0 Å². The van der Waals surface area contributed by atoms with Gasteiger partial charge in [0.05, 0.1) is 15.7 Å². The number of hydrogen-bond acceptors (Lipinski definition) is 3. The van der Waals surface area contributed by atoms with Gasteiger partial charge in [-0.05, 0) is 52.2 Å². The van der Waals surface area contributed by atoms with Crippen molar-refractivity contribution in [2.75, 3.05) is 11.9 Å². The molecule has 0 bridgehead atoms. The van der Waals surface area contributed by atoms with Crippen molar-refractivity contribution in [3.05, 3.63) is 58.1 Å². The zero-order chi connectivity index (χ0) is 16.8. The maximum Gasteiger partial charge on any atom is 0.262 e. The van der Waals surface area contributed by atoms with Crippen LogP contribution in [-0.2, 0) is 11.2 Å². The minimum absolute atomic E-state index is 0.169. The summed E-state index contributed by atoms with van der Waals surface area (Å²) in [5.41, 5.74) is 7.07. The molecule has 0 saturated heterocycles. The monoisotopic (exact) mass is 376 g/mol. The fourth-order valence-electron chi connectivity index (χ4n) is 2.02. The van der Waals surface area contributed by atoms with E-state index in [0.717, 1.165) is 10.9 Å². The van der Waals surface area contributed by atoms with Gasteiger partial charge < -0.3 is 15.8 Å².